The number of carbonyl (C=O) groups is 1. The molecule has 1 rings (SSSR count). The average Bonchev–Trinajstić information content (AvgIpc) is 2.06. The van der Waals surface area contributed by atoms with E-state index in [0.29, 0.717) is 0 Å². The molecule has 11 heavy (non-hydrogen) atoms. The number of hydrogen-bond acceptors (Lipinski definition) is 3. The molecule has 0 heterocycles. The normalized spacial score (nSPS) is 28.5. The summed E-state index contributed by atoms with van der Waals surface area (Å²) in [6, 6.07) is 0. The van der Waals surface area contributed by atoms with Gasteiger partial charge in [0.15, 0.2) is 0 Å². The Labute approximate surface area is 65.6 Å². The summed E-state index contributed by atoms with van der Waals surface area (Å²) in [5.41, 5.74) is 1.02. The van der Waals surface area contributed by atoms with Crippen LogP contribution in [0.15, 0.2) is 11.8 Å². The van der Waals surface area contributed by atoms with E-state index in [2.05, 4.69) is 4.89 Å². The molecule has 1 N–H and O–H groups in total. The molecule has 0 aliphatic heterocycles. The molecule has 1 aliphatic carbocycles. The molecule has 1 saturated carbocycles. The summed E-state index contributed by atoms with van der Waals surface area (Å²) < 4.78 is 0. The first kappa shape index (κ1) is 8.27. The maximum Gasteiger partial charge on any atom is 0.128 e. The molecule has 3 nitrogen and oxygen atoms in total. The molecule has 0 radical (unpaired) electrons. The van der Waals surface area contributed by atoms with Crippen molar-refractivity contribution in [3.63, 3.8) is 0 Å². The van der Waals surface area contributed by atoms with Crippen LogP contribution in [-0.2, 0) is 9.68 Å². The lowest BCUT2D eigenvalue weighted by atomic mass is 9.87. The molecule has 1 unspecified atom stereocenters. The van der Waals surface area contributed by atoms with Gasteiger partial charge in [0.05, 0.1) is 0 Å². The largest absolute Gasteiger partial charge is 0.348 e. The Kier molecular flexibility index (Phi) is 3.11. The highest BCUT2D eigenvalue weighted by molar-refractivity contribution is 5.54. The van der Waals surface area contributed by atoms with Gasteiger partial charge in [0.2, 0.25) is 0 Å². The van der Waals surface area contributed by atoms with Gasteiger partial charge in [-0.15, -0.1) is 0 Å². The summed E-state index contributed by atoms with van der Waals surface area (Å²) >= 11 is 0. The van der Waals surface area contributed by atoms with Crippen LogP contribution >= 0.6 is 0 Å². The van der Waals surface area contributed by atoms with Crippen LogP contribution < -0.4 is 0 Å². The summed E-state index contributed by atoms with van der Waals surface area (Å²) in [4.78, 5) is 14.3. The lowest BCUT2D eigenvalue weighted by molar-refractivity contribution is -0.187. The van der Waals surface area contributed by atoms with E-state index in [1.165, 1.54) is 6.26 Å². The van der Waals surface area contributed by atoms with Crippen molar-refractivity contribution in [2.24, 2.45) is 5.92 Å². The Morgan fingerprint density at radius 1 is 1.64 bits per heavy atom. The van der Waals surface area contributed by atoms with Crippen molar-refractivity contribution in [2.45, 2.75) is 25.7 Å². The molecule has 0 aromatic carbocycles. The van der Waals surface area contributed by atoms with Crippen LogP contribution in [0.1, 0.15) is 25.7 Å². The summed E-state index contributed by atoms with van der Waals surface area (Å²) in [6.07, 6.45) is 5.96. The zero-order valence-electron chi connectivity index (χ0n) is 6.32. The van der Waals surface area contributed by atoms with Crippen molar-refractivity contribution in [2.75, 3.05) is 0 Å². The standard InChI is InChI=1S/C8H12O3/c9-5-7-2-1-3-8(4-7)6-11-10/h5-7,10H,1-4H2/b8-6+. The van der Waals surface area contributed by atoms with E-state index in [1.54, 1.807) is 0 Å². The lowest BCUT2D eigenvalue weighted by Gasteiger charge is -2.18. The van der Waals surface area contributed by atoms with Gasteiger partial charge in [-0.1, -0.05) is 0 Å². The van der Waals surface area contributed by atoms with E-state index in [-0.39, 0.29) is 5.92 Å². The summed E-state index contributed by atoms with van der Waals surface area (Å²) in [5.74, 6) is 0.130. The second-order valence-electron chi connectivity index (χ2n) is 2.87. The van der Waals surface area contributed by atoms with Crippen molar-refractivity contribution in [1.82, 2.24) is 0 Å². The highest BCUT2D eigenvalue weighted by Gasteiger charge is 2.16. The van der Waals surface area contributed by atoms with Gasteiger partial charge < -0.3 is 9.68 Å². The van der Waals surface area contributed by atoms with Crippen LogP contribution in [0.2, 0.25) is 0 Å². The van der Waals surface area contributed by atoms with Gasteiger partial charge in [0.25, 0.3) is 0 Å². The molecule has 0 amide bonds. The second-order valence-corrected chi connectivity index (χ2v) is 2.87. The fraction of sp³-hybridized carbons (Fsp3) is 0.625. The third-order valence-electron chi connectivity index (χ3n) is 2.01. The number of allylic oxidation sites excluding steroid dienone is 1. The first-order valence-electron chi connectivity index (χ1n) is 3.80. The van der Waals surface area contributed by atoms with Crippen LogP contribution in [0.4, 0.5) is 0 Å². The molecule has 1 atom stereocenters. The van der Waals surface area contributed by atoms with E-state index in [4.69, 9.17) is 5.26 Å². The summed E-state index contributed by atoms with van der Waals surface area (Å²) in [6.45, 7) is 0. The van der Waals surface area contributed by atoms with E-state index in [0.717, 1.165) is 37.5 Å². The molecule has 0 aromatic heterocycles. The number of hydrogen-bond donors (Lipinski definition) is 1. The van der Waals surface area contributed by atoms with Gasteiger partial charge in [-0.2, -0.15) is 0 Å². The van der Waals surface area contributed by atoms with Crippen molar-refractivity contribution in [3.8, 4) is 0 Å². The molecule has 3 heteroatoms. The van der Waals surface area contributed by atoms with E-state index in [1.807, 2.05) is 0 Å². The van der Waals surface area contributed by atoms with E-state index in [9.17, 15) is 4.79 Å². The Morgan fingerprint density at radius 2 is 2.45 bits per heavy atom. The molecular weight excluding hydrogens is 144 g/mol. The Bertz CT molecular complexity index is 163. The lowest BCUT2D eigenvalue weighted by Crippen LogP contribution is -2.09. The third kappa shape index (κ3) is 2.35. The zero-order valence-corrected chi connectivity index (χ0v) is 6.32. The molecule has 62 valence electrons. The highest BCUT2D eigenvalue weighted by atomic mass is 17.1. The first-order valence-corrected chi connectivity index (χ1v) is 3.80. The Morgan fingerprint density at radius 3 is 3.09 bits per heavy atom. The van der Waals surface area contributed by atoms with Gasteiger partial charge in [-0.25, -0.2) is 5.26 Å². The second kappa shape index (κ2) is 4.13. The number of aldehydes is 1. The van der Waals surface area contributed by atoms with Crippen molar-refractivity contribution in [1.29, 1.82) is 0 Å². The van der Waals surface area contributed by atoms with Crippen molar-refractivity contribution >= 4 is 6.29 Å². The fourth-order valence-corrected chi connectivity index (χ4v) is 1.43. The van der Waals surface area contributed by atoms with Gasteiger partial charge >= 0.3 is 0 Å². The molecule has 1 fully saturated rings. The maximum absolute atomic E-state index is 10.4. The monoisotopic (exact) mass is 156 g/mol. The zero-order chi connectivity index (χ0) is 8.10. The molecule has 0 bridgehead atoms. The third-order valence-corrected chi connectivity index (χ3v) is 2.01. The predicted octanol–water partition coefficient (Wildman–Crippen LogP) is 1.75. The van der Waals surface area contributed by atoms with Crippen LogP contribution in [0.5, 0.6) is 0 Å². The van der Waals surface area contributed by atoms with Crippen molar-refractivity contribution < 1.29 is 14.9 Å². The number of rotatable bonds is 2. The van der Waals surface area contributed by atoms with Crippen LogP contribution in [0.25, 0.3) is 0 Å². The molecule has 0 saturated heterocycles. The summed E-state index contributed by atoms with van der Waals surface area (Å²) in [7, 11) is 0. The molecule has 0 spiro atoms. The van der Waals surface area contributed by atoms with Crippen molar-refractivity contribution in [3.05, 3.63) is 11.8 Å². The van der Waals surface area contributed by atoms with Gasteiger partial charge in [-0.3, -0.25) is 0 Å². The average molecular weight is 156 g/mol. The van der Waals surface area contributed by atoms with Gasteiger partial charge in [0.1, 0.15) is 12.5 Å². The molecular formula is C8H12O3. The predicted molar refractivity (Wildman–Crippen MR) is 39.8 cm³/mol. The first-order chi connectivity index (χ1) is 5.36. The van der Waals surface area contributed by atoms with E-state index >= 15 is 0 Å². The fourth-order valence-electron chi connectivity index (χ4n) is 1.43. The van der Waals surface area contributed by atoms with Crippen LogP contribution in [-0.4, -0.2) is 11.5 Å². The number of carbonyl (C=O) groups excluding carboxylic acids is 1. The maximum atomic E-state index is 10.4. The summed E-state index contributed by atoms with van der Waals surface area (Å²) in [5, 5.41) is 8.11. The molecule has 1 aliphatic rings. The van der Waals surface area contributed by atoms with Crippen LogP contribution in [0.3, 0.4) is 0 Å². The minimum atomic E-state index is 0.130. The Balaban J connectivity index is 2.45. The van der Waals surface area contributed by atoms with Gasteiger partial charge in [-0.05, 0) is 31.3 Å². The van der Waals surface area contributed by atoms with Gasteiger partial charge in [0, 0.05) is 5.92 Å². The minimum absolute atomic E-state index is 0.130. The smallest absolute Gasteiger partial charge is 0.128 e. The highest BCUT2D eigenvalue weighted by Crippen LogP contribution is 2.26. The van der Waals surface area contributed by atoms with E-state index < -0.39 is 0 Å². The minimum Gasteiger partial charge on any atom is -0.348 e. The van der Waals surface area contributed by atoms with Crippen LogP contribution in [0, 0.1) is 5.92 Å². The molecule has 0 aromatic rings. The topological polar surface area (TPSA) is 46.5 Å². The Hall–Kier alpha value is -0.830. The SMILES string of the molecule is O=CC1CCC/C(=C\OO)C1. The quantitative estimate of drug-likeness (QED) is 0.287.